The number of carbonyl (C=O) groups is 2. The molecule has 7 heteroatoms. The summed E-state index contributed by atoms with van der Waals surface area (Å²) in [6, 6.07) is 13.2. The molecule has 1 N–H and O–H groups in total. The first-order chi connectivity index (χ1) is 14.4. The van der Waals surface area contributed by atoms with Crippen LogP contribution in [0.4, 0.5) is 0 Å². The number of Topliss-reactive ketones (excluding diaryl/α,β-unsaturated/α-hetero) is 1. The molecule has 2 aromatic carbocycles. The van der Waals surface area contributed by atoms with Gasteiger partial charge in [-0.2, -0.15) is 0 Å². The molecule has 3 rings (SSSR count). The van der Waals surface area contributed by atoms with Crippen LogP contribution in [-0.2, 0) is 9.59 Å². The summed E-state index contributed by atoms with van der Waals surface area (Å²) in [7, 11) is 6.84. The zero-order valence-corrected chi connectivity index (χ0v) is 17.6. The van der Waals surface area contributed by atoms with Crippen LogP contribution in [0.2, 0.25) is 0 Å². The zero-order valence-electron chi connectivity index (χ0n) is 17.6. The van der Waals surface area contributed by atoms with Crippen molar-refractivity contribution < 1.29 is 24.2 Å². The summed E-state index contributed by atoms with van der Waals surface area (Å²) < 4.78 is 10.7. The van der Waals surface area contributed by atoms with Crippen molar-refractivity contribution in [2.45, 2.75) is 6.04 Å². The normalized spacial score (nSPS) is 18.2. The number of nitrogens with zero attached hydrogens (tertiary/aromatic N) is 2. The third-order valence-corrected chi connectivity index (χ3v) is 5.10. The maximum absolute atomic E-state index is 13.0. The molecule has 30 heavy (non-hydrogen) atoms. The number of ether oxygens (including phenoxy) is 2. The standard InChI is InChI=1S/C23H26N2O5/c1-24(2)12-13-25-20(17-10-5-6-11-18(17)30-4)19(22(27)23(25)28)21(26)15-8-7-9-16(14-15)29-3/h5-11,14,20,26H,12-13H2,1-4H3/t20-/m0/s1. The molecule has 1 amide bonds. The van der Waals surface area contributed by atoms with Gasteiger partial charge in [-0.05, 0) is 32.3 Å². The van der Waals surface area contributed by atoms with E-state index in [4.69, 9.17) is 9.47 Å². The van der Waals surface area contributed by atoms with E-state index in [0.29, 0.717) is 35.7 Å². The molecule has 1 aliphatic heterocycles. The molecule has 0 aromatic heterocycles. The predicted octanol–water partition coefficient (Wildman–Crippen LogP) is 2.69. The molecule has 1 heterocycles. The van der Waals surface area contributed by atoms with E-state index in [1.165, 1.54) is 19.1 Å². The lowest BCUT2D eigenvalue weighted by Gasteiger charge is -2.27. The second-order valence-electron chi connectivity index (χ2n) is 7.27. The molecule has 0 radical (unpaired) electrons. The van der Waals surface area contributed by atoms with Gasteiger partial charge in [-0.25, -0.2) is 0 Å². The van der Waals surface area contributed by atoms with E-state index < -0.39 is 17.7 Å². The number of benzene rings is 2. The lowest BCUT2D eigenvalue weighted by Crippen LogP contribution is -2.35. The van der Waals surface area contributed by atoms with Crippen molar-refractivity contribution in [2.75, 3.05) is 41.4 Å². The third-order valence-electron chi connectivity index (χ3n) is 5.10. The molecule has 7 nitrogen and oxygen atoms in total. The second-order valence-corrected chi connectivity index (χ2v) is 7.27. The van der Waals surface area contributed by atoms with Crippen LogP contribution in [0, 0.1) is 0 Å². The Kier molecular flexibility index (Phi) is 6.42. The molecule has 1 saturated heterocycles. The van der Waals surface area contributed by atoms with Crippen molar-refractivity contribution in [3.05, 3.63) is 65.2 Å². The van der Waals surface area contributed by atoms with Gasteiger partial charge >= 0.3 is 0 Å². The highest BCUT2D eigenvalue weighted by atomic mass is 16.5. The van der Waals surface area contributed by atoms with Crippen LogP contribution < -0.4 is 9.47 Å². The molecular weight excluding hydrogens is 384 g/mol. The maximum Gasteiger partial charge on any atom is 0.295 e. The number of aliphatic hydroxyl groups is 1. The van der Waals surface area contributed by atoms with E-state index in [-0.39, 0.29) is 11.3 Å². The lowest BCUT2D eigenvalue weighted by molar-refractivity contribution is -0.140. The Morgan fingerprint density at radius 1 is 1.07 bits per heavy atom. The number of likely N-dealkylation sites (N-methyl/N-ethyl adjacent to an activating group) is 1. The first-order valence-corrected chi connectivity index (χ1v) is 9.59. The van der Waals surface area contributed by atoms with Crippen LogP contribution in [0.25, 0.3) is 5.76 Å². The predicted molar refractivity (Wildman–Crippen MR) is 114 cm³/mol. The number of amides is 1. The smallest absolute Gasteiger partial charge is 0.295 e. The van der Waals surface area contributed by atoms with Crippen LogP contribution in [-0.4, -0.2) is 68.0 Å². The highest BCUT2D eigenvalue weighted by molar-refractivity contribution is 6.46. The fourth-order valence-electron chi connectivity index (χ4n) is 3.56. The van der Waals surface area contributed by atoms with Crippen molar-refractivity contribution in [1.82, 2.24) is 9.80 Å². The van der Waals surface area contributed by atoms with Crippen LogP contribution in [0.1, 0.15) is 17.2 Å². The minimum atomic E-state index is -0.757. The number of hydrogen-bond acceptors (Lipinski definition) is 6. The van der Waals surface area contributed by atoms with E-state index in [2.05, 4.69) is 0 Å². The molecule has 2 aromatic rings. The number of likely N-dealkylation sites (tertiary alicyclic amines) is 1. The minimum Gasteiger partial charge on any atom is -0.507 e. The average molecular weight is 410 g/mol. The summed E-state index contributed by atoms with van der Waals surface area (Å²) >= 11 is 0. The van der Waals surface area contributed by atoms with E-state index in [1.54, 1.807) is 36.4 Å². The Hall–Kier alpha value is -3.32. The summed E-state index contributed by atoms with van der Waals surface area (Å²) in [5, 5.41) is 11.1. The van der Waals surface area contributed by atoms with Crippen molar-refractivity contribution in [3.8, 4) is 11.5 Å². The number of ketones is 1. The first-order valence-electron chi connectivity index (χ1n) is 9.59. The molecular formula is C23H26N2O5. The van der Waals surface area contributed by atoms with E-state index >= 15 is 0 Å². The van der Waals surface area contributed by atoms with Crippen LogP contribution in [0.3, 0.4) is 0 Å². The molecule has 0 aliphatic carbocycles. The van der Waals surface area contributed by atoms with Gasteiger partial charge in [0.2, 0.25) is 0 Å². The first kappa shape index (κ1) is 21.4. The van der Waals surface area contributed by atoms with Crippen LogP contribution in [0.5, 0.6) is 11.5 Å². The fourth-order valence-corrected chi connectivity index (χ4v) is 3.56. The Balaban J connectivity index is 2.20. The van der Waals surface area contributed by atoms with Gasteiger partial charge in [0, 0.05) is 24.2 Å². The van der Waals surface area contributed by atoms with Crippen molar-refractivity contribution in [1.29, 1.82) is 0 Å². The quantitative estimate of drug-likeness (QED) is 0.430. The molecule has 0 spiro atoms. The Morgan fingerprint density at radius 3 is 2.47 bits per heavy atom. The maximum atomic E-state index is 13.0. The second kappa shape index (κ2) is 9.00. The molecule has 0 saturated carbocycles. The SMILES string of the molecule is COc1cccc(C(O)=C2C(=O)C(=O)N(CCN(C)C)[C@H]2c2ccccc2OC)c1. The number of methoxy groups -OCH3 is 2. The zero-order chi connectivity index (χ0) is 21.8. The largest absolute Gasteiger partial charge is 0.507 e. The van der Waals surface area contributed by atoms with E-state index in [9.17, 15) is 14.7 Å². The monoisotopic (exact) mass is 410 g/mol. The topological polar surface area (TPSA) is 79.3 Å². The van der Waals surface area contributed by atoms with Crippen molar-refractivity contribution in [2.24, 2.45) is 0 Å². The van der Waals surface area contributed by atoms with Crippen molar-refractivity contribution in [3.63, 3.8) is 0 Å². The highest BCUT2D eigenvalue weighted by Crippen LogP contribution is 2.42. The number of aliphatic hydroxyl groups excluding tert-OH is 1. The van der Waals surface area contributed by atoms with Gasteiger partial charge in [0.05, 0.1) is 25.8 Å². The van der Waals surface area contributed by atoms with Crippen LogP contribution >= 0.6 is 0 Å². The van der Waals surface area contributed by atoms with Crippen LogP contribution in [0.15, 0.2) is 54.1 Å². The van der Waals surface area contributed by atoms with Gasteiger partial charge in [0.1, 0.15) is 17.3 Å². The molecule has 0 unspecified atom stereocenters. The summed E-state index contributed by atoms with van der Waals surface area (Å²) in [6.07, 6.45) is 0. The Labute approximate surface area is 176 Å². The number of rotatable bonds is 7. The summed E-state index contributed by atoms with van der Waals surface area (Å²) in [6.45, 7) is 0.896. The Bertz CT molecular complexity index is 983. The van der Waals surface area contributed by atoms with Gasteiger partial charge in [-0.1, -0.05) is 30.3 Å². The van der Waals surface area contributed by atoms with Gasteiger partial charge in [0.25, 0.3) is 11.7 Å². The van der Waals surface area contributed by atoms with E-state index in [1.807, 2.05) is 31.1 Å². The Morgan fingerprint density at radius 2 is 1.80 bits per heavy atom. The molecule has 1 aliphatic rings. The lowest BCUT2D eigenvalue weighted by atomic mass is 9.94. The van der Waals surface area contributed by atoms with Gasteiger partial charge in [-0.15, -0.1) is 0 Å². The third kappa shape index (κ3) is 4.02. The average Bonchev–Trinajstić information content (AvgIpc) is 3.01. The van der Waals surface area contributed by atoms with E-state index in [0.717, 1.165) is 0 Å². The van der Waals surface area contributed by atoms with Gasteiger partial charge in [-0.3, -0.25) is 9.59 Å². The van der Waals surface area contributed by atoms with Crippen molar-refractivity contribution >= 4 is 17.4 Å². The molecule has 1 fully saturated rings. The highest BCUT2D eigenvalue weighted by Gasteiger charge is 2.46. The molecule has 158 valence electrons. The number of hydrogen-bond donors (Lipinski definition) is 1. The van der Waals surface area contributed by atoms with Gasteiger partial charge in [0.15, 0.2) is 0 Å². The fraction of sp³-hybridized carbons (Fsp3) is 0.304. The summed E-state index contributed by atoms with van der Waals surface area (Å²) in [5.74, 6) is -0.525. The minimum absolute atomic E-state index is 0.0384. The van der Waals surface area contributed by atoms with Gasteiger partial charge < -0.3 is 24.4 Å². The number of para-hydroxylation sites is 1. The molecule has 0 bridgehead atoms. The number of carbonyl (C=O) groups excluding carboxylic acids is 2. The summed E-state index contributed by atoms with van der Waals surface area (Å²) in [4.78, 5) is 29.4. The summed E-state index contributed by atoms with van der Waals surface area (Å²) in [5.41, 5.74) is 1.08. The molecule has 1 atom stereocenters.